The van der Waals surface area contributed by atoms with E-state index in [1.807, 2.05) is 0 Å². The molecule has 0 radical (unpaired) electrons. The topological polar surface area (TPSA) is 116 Å². The Morgan fingerprint density at radius 3 is 1.40 bits per heavy atom. The van der Waals surface area contributed by atoms with Crippen molar-refractivity contribution in [1.82, 2.24) is 21.7 Å². The molecule has 2 aromatic carbocycles. The zero-order valence-electron chi connectivity index (χ0n) is 15.8. The standard InChI is InChI=1S/C20H20Cl2N4O4/c21-15-7-3-5-13(11-15)19(29)25-23-17(27)9-1-2-10-18(28)24-26-20(30)14-6-4-8-16(22)12-14/h3-8,11-12H,1-2,9-10H2,(H,23,27)(H,24,28)(H,25,29)(H,26,30). The third-order valence-electron chi connectivity index (χ3n) is 3.86. The first-order valence-electron chi connectivity index (χ1n) is 9.04. The fraction of sp³-hybridized carbons (Fsp3) is 0.200. The van der Waals surface area contributed by atoms with Gasteiger partial charge in [0.15, 0.2) is 0 Å². The van der Waals surface area contributed by atoms with Crippen molar-refractivity contribution in [1.29, 1.82) is 0 Å². The number of nitrogens with one attached hydrogen (secondary N) is 4. The monoisotopic (exact) mass is 450 g/mol. The molecule has 2 aromatic rings. The molecular formula is C20H20Cl2N4O4. The fourth-order valence-corrected chi connectivity index (χ4v) is 2.73. The lowest BCUT2D eigenvalue weighted by atomic mass is 10.2. The zero-order chi connectivity index (χ0) is 21.9. The molecule has 0 aromatic heterocycles. The Balaban J connectivity index is 1.59. The van der Waals surface area contributed by atoms with Crippen molar-refractivity contribution >= 4 is 46.8 Å². The van der Waals surface area contributed by atoms with Gasteiger partial charge in [-0.1, -0.05) is 35.3 Å². The van der Waals surface area contributed by atoms with Crippen LogP contribution in [0.25, 0.3) is 0 Å². The molecule has 158 valence electrons. The highest BCUT2D eigenvalue weighted by molar-refractivity contribution is 6.31. The van der Waals surface area contributed by atoms with Gasteiger partial charge in [0.1, 0.15) is 0 Å². The lowest BCUT2D eigenvalue weighted by Gasteiger charge is -2.08. The molecule has 10 heteroatoms. The van der Waals surface area contributed by atoms with Crippen LogP contribution in [0, 0.1) is 0 Å². The van der Waals surface area contributed by atoms with E-state index in [1.165, 1.54) is 12.1 Å². The van der Waals surface area contributed by atoms with Gasteiger partial charge in [-0.15, -0.1) is 0 Å². The minimum Gasteiger partial charge on any atom is -0.273 e. The summed E-state index contributed by atoms with van der Waals surface area (Å²) < 4.78 is 0. The second-order valence-electron chi connectivity index (χ2n) is 6.23. The highest BCUT2D eigenvalue weighted by Crippen LogP contribution is 2.11. The SMILES string of the molecule is O=C(CCCCC(=O)NNC(=O)c1cccc(Cl)c1)NNC(=O)c1cccc(Cl)c1. The maximum Gasteiger partial charge on any atom is 0.269 e. The highest BCUT2D eigenvalue weighted by atomic mass is 35.5. The number of hydrogen-bond acceptors (Lipinski definition) is 4. The van der Waals surface area contributed by atoms with Crippen molar-refractivity contribution in [2.75, 3.05) is 0 Å². The number of hydrogen-bond donors (Lipinski definition) is 4. The number of hydrazine groups is 2. The van der Waals surface area contributed by atoms with E-state index in [0.29, 0.717) is 34.0 Å². The average molecular weight is 451 g/mol. The van der Waals surface area contributed by atoms with E-state index in [0.717, 1.165) is 0 Å². The van der Waals surface area contributed by atoms with E-state index >= 15 is 0 Å². The van der Waals surface area contributed by atoms with Crippen molar-refractivity contribution in [2.24, 2.45) is 0 Å². The van der Waals surface area contributed by atoms with Crippen LogP contribution >= 0.6 is 23.2 Å². The average Bonchev–Trinajstić information content (AvgIpc) is 2.73. The maximum atomic E-state index is 11.9. The van der Waals surface area contributed by atoms with Crippen LogP contribution in [-0.4, -0.2) is 23.6 Å². The summed E-state index contributed by atoms with van der Waals surface area (Å²) in [4.78, 5) is 47.3. The van der Waals surface area contributed by atoms with Crippen LogP contribution in [0.15, 0.2) is 48.5 Å². The van der Waals surface area contributed by atoms with Gasteiger partial charge >= 0.3 is 0 Å². The number of unbranched alkanes of at least 4 members (excludes halogenated alkanes) is 1. The Kier molecular flexibility index (Phi) is 9.11. The van der Waals surface area contributed by atoms with Crippen LogP contribution in [0.1, 0.15) is 46.4 Å². The van der Waals surface area contributed by atoms with E-state index in [9.17, 15) is 19.2 Å². The molecule has 4 amide bonds. The molecule has 0 aliphatic carbocycles. The summed E-state index contributed by atoms with van der Waals surface area (Å²) in [5.74, 6) is -1.75. The molecule has 0 aliphatic rings. The van der Waals surface area contributed by atoms with Crippen molar-refractivity contribution in [2.45, 2.75) is 25.7 Å². The zero-order valence-corrected chi connectivity index (χ0v) is 17.3. The van der Waals surface area contributed by atoms with Crippen LogP contribution in [-0.2, 0) is 9.59 Å². The number of benzene rings is 2. The molecule has 0 saturated heterocycles. The van der Waals surface area contributed by atoms with Crippen molar-refractivity contribution in [3.05, 3.63) is 69.7 Å². The summed E-state index contributed by atoms with van der Waals surface area (Å²) in [7, 11) is 0. The predicted molar refractivity (Wildman–Crippen MR) is 113 cm³/mol. The summed E-state index contributed by atoms with van der Waals surface area (Å²) in [5, 5.41) is 0.826. The number of halogens is 2. The van der Waals surface area contributed by atoms with Gasteiger partial charge in [0.05, 0.1) is 0 Å². The molecule has 0 bridgehead atoms. The minimum atomic E-state index is -0.485. The lowest BCUT2D eigenvalue weighted by molar-refractivity contribution is -0.123. The van der Waals surface area contributed by atoms with E-state index < -0.39 is 11.8 Å². The molecule has 0 unspecified atom stereocenters. The second-order valence-corrected chi connectivity index (χ2v) is 7.11. The van der Waals surface area contributed by atoms with Crippen LogP contribution in [0.4, 0.5) is 0 Å². The van der Waals surface area contributed by atoms with Crippen LogP contribution < -0.4 is 21.7 Å². The Morgan fingerprint density at radius 1 is 0.633 bits per heavy atom. The molecule has 0 heterocycles. The van der Waals surface area contributed by atoms with Gasteiger partial charge in [-0.25, -0.2) is 0 Å². The molecule has 8 nitrogen and oxygen atoms in total. The summed E-state index contributed by atoms with van der Waals surface area (Å²) >= 11 is 11.6. The molecule has 0 aliphatic heterocycles. The van der Waals surface area contributed by atoms with E-state index in [-0.39, 0.29) is 24.7 Å². The van der Waals surface area contributed by atoms with Gasteiger partial charge < -0.3 is 0 Å². The quantitative estimate of drug-likeness (QED) is 0.383. The number of amides is 4. The second kappa shape index (κ2) is 11.8. The molecule has 4 N–H and O–H groups in total. The number of carbonyl (C=O) groups excluding carboxylic acids is 4. The lowest BCUT2D eigenvalue weighted by Crippen LogP contribution is -2.42. The first-order chi connectivity index (χ1) is 14.3. The molecule has 0 spiro atoms. The molecular weight excluding hydrogens is 431 g/mol. The van der Waals surface area contributed by atoms with Crippen LogP contribution in [0.3, 0.4) is 0 Å². The Hall–Kier alpha value is -3.10. The highest BCUT2D eigenvalue weighted by Gasteiger charge is 2.10. The van der Waals surface area contributed by atoms with Crippen LogP contribution in [0.2, 0.25) is 10.0 Å². The Morgan fingerprint density at radius 2 is 1.03 bits per heavy atom. The van der Waals surface area contributed by atoms with Gasteiger partial charge in [-0.3, -0.25) is 40.9 Å². The smallest absolute Gasteiger partial charge is 0.269 e. The van der Waals surface area contributed by atoms with Gasteiger partial charge in [0.25, 0.3) is 11.8 Å². The van der Waals surface area contributed by atoms with Gasteiger partial charge in [-0.2, -0.15) is 0 Å². The normalized spacial score (nSPS) is 10.1. The van der Waals surface area contributed by atoms with Gasteiger partial charge in [0.2, 0.25) is 11.8 Å². The summed E-state index contributed by atoms with van der Waals surface area (Å²) in [5.41, 5.74) is 9.83. The largest absolute Gasteiger partial charge is 0.273 e. The van der Waals surface area contributed by atoms with E-state index in [1.54, 1.807) is 36.4 Å². The fourth-order valence-electron chi connectivity index (χ4n) is 2.35. The molecule has 2 rings (SSSR count). The first kappa shape index (κ1) is 23.2. The minimum absolute atomic E-state index is 0.123. The van der Waals surface area contributed by atoms with Crippen molar-refractivity contribution in [3.63, 3.8) is 0 Å². The number of carbonyl (C=O) groups is 4. The Bertz CT molecular complexity index is 861. The summed E-state index contributed by atoms with van der Waals surface area (Å²) in [6.07, 6.45) is 1.10. The Labute approximate surface area is 183 Å². The summed E-state index contributed by atoms with van der Waals surface area (Å²) in [6, 6.07) is 12.6. The maximum absolute atomic E-state index is 11.9. The predicted octanol–water partition coefficient (Wildman–Crippen LogP) is 2.78. The molecule has 0 atom stereocenters. The number of rotatable bonds is 7. The van der Waals surface area contributed by atoms with E-state index in [4.69, 9.17) is 23.2 Å². The third-order valence-corrected chi connectivity index (χ3v) is 4.33. The summed E-state index contributed by atoms with van der Waals surface area (Å²) in [6.45, 7) is 0. The first-order valence-corrected chi connectivity index (χ1v) is 9.80. The van der Waals surface area contributed by atoms with Crippen molar-refractivity contribution < 1.29 is 19.2 Å². The van der Waals surface area contributed by atoms with Crippen LogP contribution in [0.5, 0.6) is 0 Å². The van der Waals surface area contributed by atoms with E-state index in [2.05, 4.69) is 21.7 Å². The molecule has 30 heavy (non-hydrogen) atoms. The van der Waals surface area contributed by atoms with Crippen molar-refractivity contribution in [3.8, 4) is 0 Å². The molecule has 0 fully saturated rings. The molecule has 0 saturated carbocycles. The van der Waals surface area contributed by atoms with Gasteiger partial charge in [-0.05, 0) is 49.2 Å². The third kappa shape index (κ3) is 8.10. The van der Waals surface area contributed by atoms with Gasteiger partial charge in [0, 0.05) is 34.0 Å².